The molecule has 6 nitrogen and oxygen atoms in total. The van der Waals surface area contributed by atoms with Crippen molar-refractivity contribution in [3.05, 3.63) is 65.2 Å². The predicted molar refractivity (Wildman–Crippen MR) is 100 cm³/mol. The van der Waals surface area contributed by atoms with Crippen LogP contribution in [0, 0.1) is 11.8 Å². The van der Waals surface area contributed by atoms with Crippen molar-refractivity contribution in [2.24, 2.45) is 5.73 Å². The molecular formula is C20H21N3O3. The average molecular weight is 351 g/mol. The van der Waals surface area contributed by atoms with Gasteiger partial charge >= 0.3 is 0 Å². The minimum atomic E-state index is -1.47. The van der Waals surface area contributed by atoms with Crippen LogP contribution in [0.3, 0.4) is 0 Å². The van der Waals surface area contributed by atoms with Gasteiger partial charge < -0.3 is 21.9 Å². The molecule has 26 heavy (non-hydrogen) atoms. The molecule has 0 saturated heterocycles. The van der Waals surface area contributed by atoms with E-state index in [1.807, 2.05) is 12.1 Å². The molecule has 1 atom stereocenters. The zero-order valence-corrected chi connectivity index (χ0v) is 14.6. The van der Waals surface area contributed by atoms with E-state index in [-0.39, 0.29) is 0 Å². The highest BCUT2D eigenvalue weighted by atomic mass is 16.3. The molecule has 0 bridgehead atoms. The summed E-state index contributed by atoms with van der Waals surface area (Å²) in [5.41, 5.74) is 12.0. The van der Waals surface area contributed by atoms with E-state index < -0.39 is 23.5 Å². The molecule has 0 aromatic heterocycles. The highest BCUT2D eigenvalue weighted by Gasteiger charge is 2.33. The van der Waals surface area contributed by atoms with Gasteiger partial charge in [-0.2, -0.15) is 0 Å². The summed E-state index contributed by atoms with van der Waals surface area (Å²) in [4.78, 5) is 23.7. The molecule has 6 heteroatoms. The minimum Gasteiger partial charge on any atom is -0.399 e. The summed E-state index contributed by atoms with van der Waals surface area (Å²) in [6.07, 6.45) is 0. The summed E-state index contributed by atoms with van der Waals surface area (Å²) >= 11 is 0. The first-order valence-electron chi connectivity index (χ1n) is 7.97. The summed E-state index contributed by atoms with van der Waals surface area (Å²) in [5.74, 6) is 4.68. The van der Waals surface area contributed by atoms with Crippen LogP contribution in [0.5, 0.6) is 0 Å². The number of carbonyl (C=O) groups excluding carboxylic acids is 2. The second kappa shape index (κ2) is 7.72. The van der Waals surface area contributed by atoms with Crippen molar-refractivity contribution in [2.75, 3.05) is 5.73 Å². The number of amides is 2. The molecule has 0 radical (unpaired) electrons. The lowest BCUT2D eigenvalue weighted by Crippen LogP contribution is -2.56. The van der Waals surface area contributed by atoms with Crippen LogP contribution in [0.2, 0.25) is 0 Å². The molecule has 0 aliphatic rings. The van der Waals surface area contributed by atoms with Gasteiger partial charge in [-0.3, -0.25) is 9.59 Å². The number of hydrogen-bond donors (Lipinski definition) is 4. The molecule has 0 saturated carbocycles. The average Bonchev–Trinajstić information content (AvgIpc) is 2.58. The molecular weight excluding hydrogens is 330 g/mol. The Labute approximate surface area is 152 Å². The van der Waals surface area contributed by atoms with Crippen LogP contribution in [0.15, 0.2) is 48.5 Å². The fourth-order valence-electron chi connectivity index (χ4n) is 2.23. The molecule has 6 N–H and O–H groups in total. The van der Waals surface area contributed by atoms with Crippen molar-refractivity contribution in [2.45, 2.75) is 25.5 Å². The first kappa shape index (κ1) is 19.0. The van der Waals surface area contributed by atoms with Gasteiger partial charge in [0.1, 0.15) is 6.04 Å². The number of hydrogen-bond acceptors (Lipinski definition) is 4. The number of rotatable bonds is 4. The van der Waals surface area contributed by atoms with E-state index in [0.717, 1.165) is 11.1 Å². The Morgan fingerprint density at radius 1 is 1.00 bits per heavy atom. The Hall–Kier alpha value is -3.30. The van der Waals surface area contributed by atoms with Gasteiger partial charge in [0, 0.05) is 22.4 Å². The van der Waals surface area contributed by atoms with Crippen molar-refractivity contribution < 1.29 is 14.7 Å². The largest absolute Gasteiger partial charge is 0.399 e. The standard InChI is InChI=1S/C20H21N3O3/c1-20(2,26)17(18(22)24)23-19(25)15-9-5-13(6-10-15)3-4-14-7-11-16(21)12-8-14/h5-12,17,26H,21H2,1-2H3,(H2,22,24)(H,23,25). The molecule has 1 unspecified atom stereocenters. The second-order valence-electron chi connectivity index (χ2n) is 6.41. The van der Waals surface area contributed by atoms with E-state index in [1.165, 1.54) is 13.8 Å². The predicted octanol–water partition coefficient (Wildman–Crippen LogP) is 1.02. The van der Waals surface area contributed by atoms with Crippen LogP contribution in [0.25, 0.3) is 0 Å². The van der Waals surface area contributed by atoms with Crippen LogP contribution < -0.4 is 16.8 Å². The third-order valence-electron chi connectivity index (χ3n) is 3.68. The molecule has 2 rings (SSSR count). The summed E-state index contributed by atoms with van der Waals surface area (Å²) in [6, 6.07) is 12.6. The number of nitrogens with one attached hydrogen (secondary N) is 1. The summed E-state index contributed by atoms with van der Waals surface area (Å²) < 4.78 is 0. The fourth-order valence-corrected chi connectivity index (χ4v) is 2.23. The molecule has 134 valence electrons. The van der Waals surface area contributed by atoms with Crippen LogP contribution in [-0.2, 0) is 4.79 Å². The quantitative estimate of drug-likeness (QED) is 0.486. The van der Waals surface area contributed by atoms with E-state index >= 15 is 0 Å². The third kappa shape index (κ3) is 5.10. The molecule has 2 aromatic carbocycles. The number of anilines is 1. The zero-order valence-electron chi connectivity index (χ0n) is 14.6. The normalized spacial score (nSPS) is 11.8. The van der Waals surface area contributed by atoms with Gasteiger partial charge in [-0.1, -0.05) is 11.8 Å². The van der Waals surface area contributed by atoms with E-state index in [0.29, 0.717) is 11.3 Å². The van der Waals surface area contributed by atoms with Gasteiger partial charge in [0.25, 0.3) is 5.91 Å². The van der Waals surface area contributed by atoms with Gasteiger partial charge in [0.15, 0.2) is 0 Å². The summed E-state index contributed by atoms with van der Waals surface area (Å²) in [5, 5.41) is 12.4. The maximum atomic E-state index is 12.3. The van der Waals surface area contributed by atoms with Crippen LogP contribution in [0.4, 0.5) is 5.69 Å². The topological polar surface area (TPSA) is 118 Å². The van der Waals surface area contributed by atoms with Gasteiger partial charge in [-0.05, 0) is 62.4 Å². The van der Waals surface area contributed by atoms with E-state index in [1.54, 1.807) is 36.4 Å². The molecule has 2 aromatic rings. The summed E-state index contributed by atoms with van der Waals surface area (Å²) in [6.45, 7) is 2.80. The second-order valence-corrected chi connectivity index (χ2v) is 6.41. The van der Waals surface area contributed by atoms with Crippen molar-refractivity contribution in [1.29, 1.82) is 0 Å². The van der Waals surface area contributed by atoms with Gasteiger partial charge in [0.2, 0.25) is 5.91 Å². The monoisotopic (exact) mass is 351 g/mol. The van der Waals surface area contributed by atoms with Crippen LogP contribution in [-0.4, -0.2) is 28.6 Å². The Bertz CT molecular complexity index is 854. The molecule has 0 aliphatic heterocycles. The Kier molecular flexibility index (Phi) is 5.65. The Balaban J connectivity index is 2.10. The minimum absolute atomic E-state index is 0.332. The van der Waals surface area contributed by atoms with E-state index in [9.17, 15) is 14.7 Å². The molecule has 0 aliphatic carbocycles. The third-order valence-corrected chi connectivity index (χ3v) is 3.68. The Morgan fingerprint density at radius 3 is 1.88 bits per heavy atom. The molecule has 0 heterocycles. The number of nitrogen functional groups attached to an aromatic ring is 1. The molecule has 0 fully saturated rings. The smallest absolute Gasteiger partial charge is 0.252 e. The highest BCUT2D eigenvalue weighted by Crippen LogP contribution is 2.11. The number of primary amides is 1. The van der Waals surface area contributed by atoms with Crippen LogP contribution in [0.1, 0.15) is 35.3 Å². The van der Waals surface area contributed by atoms with Crippen LogP contribution >= 0.6 is 0 Å². The van der Waals surface area contributed by atoms with Gasteiger partial charge in [0.05, 0.1) is 5.60 Å². The summed E-state index contributed by atoms with van der Waals surface area (Å²) in [7, 11) is 0. The van der Waals surface area contributed by atoms with Crippen molar-refractivity contribution in [3.8, 4) is 11.8 Å². The molecule has 0 spiro atoms. The number of nitrogens with two attached hydrogens (primary N) is 2. The SMILES string of the molecule is CC(C)(O)C(NC(=O)c1ccc(C#Cc2ccc(N)cc2)cc1)C(N)=O. The van der Waals surface area contributed by atoms with E-state index in [2.05, 4.69) is 17.2 Å². The maximum Gasteiger partial charge on any atom is 0.252 e. The van der Waals surface area contributed by atoms with Gasteiger partial charge in [-0.15, -0.1) is 0 Å². The Morgan fingerprint density at radius 2 is 1.46 bits per heavy atom. The first-order valence-corrected chi connectivity index (χ1v) is 7.97. The lowest BCUT2D eigenvalue weighted by atomic mass is 9.98. The zero-order chi connectivity index (χ0) is 19.3. The van der Waals surface area contributed by atoms with Gasteiger partial charge in [-0.25, -0.2) is 0 Å². The van der Waals surface area contributed by atoms with Crippen molar-refractivity contribution in [3.63, 3.8) is 0 Å². The number of benzene rings is 2. The number of aliphatic hydroxyl groups is 1. The van der Waals surface area contributed by atoms with Crippen molar-refractivity contribution >= 4 is 17.5 Å². The first-order chi connectivity index (χ1) is 12.2. The lowest BCUT2D eigenvalue weighted by molar-refractivity contribution is -0.125. The highest BCUT2D eigenvalue weighted by molar-refractivity contribution is 5.97. The number of carbonyl (C=O) groups is 2. The lowest BCUT2D eigenvalue weighted by Gasteiger charge is -2.27. The van der Waals surface area contributed by atoms with E-state index in [4.69, 9.17) is 11.5 Å². The maximum absolute atomic E-state index is 12.3. The molecule has 2 amide bonds. The fraction of sp³-hybridized carbons (Fsp3) is 0.200. The van der Waals surface area contributed by atoms with Crippen molar-refractivity contribution in [1.82, 2.24) is 5.32 Å².